The first kappa shape index (κ1) is 31.9. The smallest absolute Gasteiger partial charge is 0.254 e. The lowest BCUT2D eigenvalue weighted by atomic mass is 9.87. The van der Waals surface area contributed by atoms with Gasteiger partial charge in [-0.25, -0.2) is 15.0 Å². The Labute approximate surface area is 268 Å². The highest BCUT2D eigenvalue weighted by Gasteiger charge is 2.31. The van der Waals surface area contributed by atoms with Crippen molar-refractivity contribution >= 4 is 35.4 Å². The molecule has 45 heavy (non-hydrogen) atoms. The highest BCUT2D eigenvalue weighted by atomic mass is 32.2. The summed E-state index contributed by atoms with van der Waals surface area (Å²) in [5.74, 6) is 1.01. The van der Waals surface area contributed by atoms with E-state index in [0.29, 0.717) is 35.3 Å². The van der Waals surface area contributed by atoms with E-state index in [-0.39, 0.29) is 36.4 Å². The van der Waals surface area contributed by atoms with Gasteiger partial charge in [0.05, 0.1) is 36.4 Å². The summed E-state index contributed by atoms with van der Waals surface area (Å²) in [6.45, 7) is 12.4. The van der Waals surface area contributed by atoms with Crippen LogP contribution in [0.1, 0.15) is 61.4 Å². The van der Waals surface area contributed by atoms with Crippen LogP contribution in [-0.2, 0) is 11.3 Å². The molecule has 0 spiro atoms. The fraction of sp³-hybridized carbons (Fsp3) is 0.353. The molecule has 0 radical (unpaired) electrons. The lowest BCUT2D eigenvalue weighted by Gasteiger charge is -2.35. The molecule has 0 aliphatic carbocycles. The molecule has 0 saturated carbocycles. The second kappa shape index (κ2) is 13.2. The fourth-order valence-electron chi connectivity index (χ4n) is 5.31. The third kappa shape index (κ3) is 7.78. The molecule has 11 heteroatoms. The van der Waals surface area contributed by atoms with Gasteiger partial charge in [0.1, 0.15) is 12.4 Å². The van der Waals surface area contributed by atoms with Crippen molar-refractivity contribution in [2.24, 2.45) is 5.41 Å². The Bertz CT molecular complexity index is 1690. The number of amides is 2. The summed E-state index contributed by atoms with van der Waals surface area (Å²) >= 11 is 1.33. The molecule has 0 unspecified atom stereocenters. The van der Waals surface area contributed by atoms with Crippen molar-refractivity contribution in [3.63, 3.8) is 0 Å². The Kier molecular flexibility index (Phi) is 9.38. The number of benzene rings is 2. The first-order valence-corrected chi connectivity index (χ1v) is 15.7. The Morgan fingerprint density at radius 2 is 1.76 bits per heavy atom. The van der Waals surface area contributed by atoms with Crippen molar-refractivity contribution in [1.29, 1.82) is 0 Å². The fourth-order valence-corrected chi connectivity index (χ4v) is 5.94. The molecule has 1 N–H and O–H groups in total. The van der Waals surface area contributed by atoms with E-state index in [2.05, 4.69) is 61.4 Å². The van der Waals surface area contributed by atoms with E-state index >= 15 is 0 Å². The lowest BCUT2D eigenvalue weighted by molar-refractivity contribution is -0.116. The van der Waals surface area contributed by atoms with Crippen LogP contribution in [0.5, 0.6) is 5.88 Å². The zero-order chi connectivity index (χ0) is 32.3. The van der Waals surface area contributed by atoms with Crippen LogP contribution in [0.15, 0.2) is 65.8 Å². The standard InChI is InChI=1S/C34H39N7O3S/c1-21-10-8-11-22(2)31(21)28-15-30-38-33(37-28)39-45-27-13-9-12-24(14-27)32(43)41(25(20-44-30)16-34(4,5)6)19-29-35-17-26(18-36-29)40(7)23(3)42/h8-15,17-18,25H,16,19-20H2,1-7H3,(H,37,38,39)/t25-/m1/s1. The third-order valence-electron chi connectivity index (χ3n) is 7.62. The zero-order valence-electron chi connectivity index (χ0n) is 26.8. The minimum atomic E-state index is -0.340. The maximum Gasteiger partial charge on any atom is 0.254 e. The van der Waals surface area contributed by atoms with Crippen LogP contribution >= 0.6 is 11.9 Å². The van der Waals surface area contributed by atoms with E-state index in [4.69, 9.17) is 14.7 Å². The second-order valence-electron chi connectivity index (χ2n) is 12.5. The quantitative estimate of drug-likeness (QED) is 0.249. The van der Waals surface area contributed by atoms with Crippen molar-refractivity contribution in [3.05, 3.63) is 83.4 Å². The summed E-state index contributed by atoms with van der Waals surface area (Å²) in [5, 5.41) is 0. The van der Waals surface area contributed by atoms with Gasteiger partial charge in [-0.2, -0.15) is 4.98 Å². The molecule has 0 fully saturated rings. The highest BCUT2D eigenvalue weighted by Crippen LogP contribution is 2.32. The zero-order valence-corrected chi connectivity index (χ0v) is 27.6. The average molecular weight is 626 g/mol. The van der Waals surface area contributed by atoms with Crippen LogP contribution in [0.25, 0.3) is 11.3 Å². The van der Waals surface area contributed by atoms with Crippen molar-refractivity contribution in [2.45, 2.75) is 65.4 Å². The normalized spacial score (nSPS) is 15.2. The molecular weight excluding hydrogens is 586 g/mol. The van der Waals surface area contributed by atoms with Crippen molar-refractivity contribution < 1.29 is 14.3 Å². The molecule has 1 atom stereocenters. The summed E-state index contributed by atoms with van der Waals surface area (Å²) in [4.78, 5) is 48.8. The Hall–Kier alpha value is -4.51. The molecule has 0 saturated heterocycles. The van der Waals surface area contributed by atoms with E-state index in [0.717, 1.165) is 27.3 Å². The van der Waals surface area contributed by atoms with Crippen molar-refractivity contribution in [3.8, 4) is 17.1 Å². The predicted octanol–water partition coefficient (Wildman–Crippen LogP) is 6.49. The van der Waals surface area contributed by atoms with Gasteiger partial charge in [-0.1, -0.05) is 45.0 Å². The molecule has 5 rings (SSSR count). The van der Waals surface area contributed by atoms with Gasteiger partial charge in [-0.15, -0.1) is 0 Å². The van der Waals surface area contributed by atoms with Crippen LogP contribution in [0.3, 0.4) is 0 Å². The van der Waals surface area contributed by atoms with Crippen molar-refractivity contribution in [2.75, 3.05) is 23.3 Å². The monoisotopic (exact) mass is 625 g/mol. The molecular formula is C34H39N7O3S. The summed E-state index contributed by atoms with van der Waals surface area (Å²) in [5.41, 5.74) is 4.98. The lowest BCUT2D eigenvalue weighted by Crippen LogP contribution is -2.45. The topological polar surface area (TPSA) is 113 Å². The summed E-state index contributed by atoms with van der Waals surface area (Å²) in [7, 11) is 1.67. The molecule has 2 aromatic carbocycles. The van der Waals surface area contributed by atoms with Gasteiger partial charge < -0.3 is 14.5 Å². The van der Waals surface area contributed by atoms with Crippen LogP contribution in [-0.4, -0.2) is 56.3 Å². The molecule has 1 aliphatic rings. The van der Waals surface area contributed by atoms with Crippen LogP contribution in [0.2, 0.25) is 0 Å². The molecule has 4 bridgehead atoms. The molecule has 10 nitrogen and oxygen atoms in total. The Morgan fingerprint density at radius 3 is 2.42 bits per heavy atom. The molecule has 1 aliphatic heterocycles. The Balaban J connectivity index is 1.57. The minimum absolute atomic E-state index is 0.122. The SMILES string of the molecule is CC(=O)N(C)c1cnc(CN2C(=O)c3cccc(c3)SNc3nc(cc(-c4c(C)cccc4C)n3)OC[C@H]2CC(C)(C)C)nc1. The first-order chi connectivity index (χ1) is 21.4. The van der Waals surface area contributed by atoms with Crippen LogP contribution in [0, 0.1) is 19.3 Å². The third-order valence-corrected chi connectivity index (χ3v) is 8.39. The van der Waals surface area contributed by atoms with Gasteiger partial charge in [0, 0.05) is 36.1 Å². The van der Waals surface area contributed by atoms with E-state index in [1.165, 1.54) is 23.8 Å². The Morgan fingerprint density at radius 1 is 1.07 bits per heavy atom. The van der Waals surface area contributed by atoms with E-state index in [1.54, 1.807) is 24.3 Å². The van der Waals surface area contributed by atoms with Gasteiger partial charge in [0.15, 0.2) is 0 Å². The number of anilines is 2. The summed E-state index contributed by atoms with van der Waals surface area (Å²) in [6.07, 6.45) is 3.85. The number of carbonyl (C=O) groups is 2. The second-order valence-corrected chi connectivity index (χ2v) is 13.4. The molecule has 2 amide bonds. The van der Waals surface area contributed by atoms with Gasteiger partial charge in [0.2, 0.25) is 17.7 Å². The number of hydrogen-bond donors (Lipinski definition) is 1. The van der Waals surface area contributed by atoms with Crippen molar-refractivity contribution in [1.82, 2.24) is 24.8 Å². The largest absolute Gasteiger partial charge is 0.475 e. The number of fused-ring (bicyclic) bond motifs is 4. The number of aromatic nitrogens is 4. The molecule has 3 heterocycles. The van der Waals surface area contributed by atoms with E-state index in [9.17, 15) is 9.59 Å². The van der Waals surface area contributed by atoms with Gasteiger partial charge >= 0.3 is 0 Å². The number of aryl methyl sites for hydroxylation is 2. The molecule has 4 aromatic rings. The number of nitrogens with zero attached hydrogens (tertiary/aromatic N) is 6. The predicted molar refractivity (Wildman–Crippen MR) is 177 cm³/mol. The van der Waals surface area contributed by atoms with Gasteiger partial charge in [-0.3, -0.25) is 14.3 Å². The minimum Gasteiger partial charge on any atom is -0.475 e. The molecule has 234 valence electrons. The number of hydrogen-bond acceptors (Lipinski definition) is 9. The van der Waals surface area contributed by atoms with Crippen LogP contribution < -0.4 is 14.4 Å². The van der Waals surface area contributed by atoms with Gasteiger partial charge in [-0.05, 0) is 67.0 Å². The highest BCUT2D eigenvalue weighted by molar-refractivity contribution is 8.00. The summed E-state index contributed by atoms with van der Waals surface area (Å²) < 4.78 is 9.69. The summed E-state index contributed by atoms with van der Waals surface area (Å²) in [6, 6.07) is 15.2. The maximum absolute atomic E-state index is 14.3. The maximum atomic E-state index is 14.3. The van der Waals surface area contributed by atoms with Crippen LogP contribution in [0.4, 0.5) is 11.6 Å². The van der Waals surface area contributed by atoms with E-state index in [1.807, 2.05) is 36.4 Å². The number of carbonyl (C=O) groups excluding carboxylic acids is 2. The average Bonchev–Trinajstić information content (AvgIpc) is 3.00. The number of ether oxygens (including phenoxy) is 1. The van der Waals surface area contributed by atoms with E-state index < -0.39 is 0 Å². The number of rotatable bonds is 5. The molecule has 2 aromatic heterocycles. The number of nitrogens with one attached hydrogen (secondary N) is 1. The first-order valence-electron chi connectivity index (χ1n) is 14.9. The van der Waals surface area contributed by atoms with Gasteiger partial charge in [0.25, 0.3) is 5.91 Å².